The van der Waals surface area contributed by atoms with E-state index in [-0.39, 0.29) is 17.5 Å². The fourth-order valence-corrected chi connectivity index (χ4v) is 2.44. The van der Waals surface area contributed by atoms with Crippen LogP contribution < -0.4 is 5.56 Å². The molecule has 0 aliphatic heterocycles. The summed E-state index contributed by atoms with van der Waals surface area (Å²) in [4.78, 5) is 25.5. The summed E-state index contributed by atoms with van der Waals surface area (Å²) in [7, 11) is 0. The summed E-state index contributed by atoms with van der Waals surface area (Å²) in [6.07, 6.45) is 1.59. The monoisotopic (exact) mass is 336 g/mol. The summed E-state index contributed by atoms with van der Waals surface area (Å²) in [5.41, 5.74) is 0.753. The summed E-state index contributed by atoms with van der Waals surface area (Å²) in [6.45, 7) is 4.63. The van der Waals surface area contributed by atoms with E-state index in [1.807, 2.05) is 36.1 Å². The van der Waals surface area contributed by atoms with Gasteiger partial charge in [0.1, 0.15) is 5.76 Å². The zero-order chi connectivity index (χ0) is 16.8. The highest BCUT2D eigenvalue weighted by Crippen LogP contribution is 2.16. The Kier molecular flexibility index (Phi) is 6.04. The Morgan fingerprint density at radius 2 is 2.04 bits per heavy atom. The number of rotatable bonds is 7. The number of carbonyl (C=O) groups excluding carboxylic acids is 1. The fourth-order valence-electron chi connectivity index (χ4n) is 2.31. The molecule has 2 aromatic rings. The Morgan fingerprint density at radius 1 is 1.35 bits per heavy atom. The molecule has 0 fully saturated rings. The van der Waals surface area contributed by atoms with Crippen LogP contribution in [0.2, 0.25) is 5.02 Å². The van der Waals surface area contributed by atoms with Gasteiger partial charge in [0.15, 0.2) is 0 Å². The van der Waals surface area contributed by atoms with Gasteiger partial charge in [-0.25, -0.2) is 0 Å². The van der Waals surface area contributed by atoms with Crippen molar-refractivity contribution in [3.63, 3.8) is 0 Å². The van der Waals surface area contributed by atoms with Crippen LogP contribution in [0.15, 0.2) is 39.6 Å². The molecule has 0 unspecified atom stereocenters. The Morgan fingerprint density at radius 3 is 2.61 bits per heavy atom. The van der Waals surface area contributed by atoms with Gasteiger partial charge in [-0.1, -0.05) is 30.7 Å². The highest BCUT2D eigenvalue weighted by atomic mass is 35.5. The number of halogens is 1. The second-order valence-corrected chi connectivity index (χ2v) is 6.02. The van der Waals surface area contributed by atoms with E-state index in [9.17, 15) is 9.59 Å². The molecule has 0 aliphatic carbocycles. The summed E-state index contributed by atoms with van der Waals surface area (Å²) in [6, 6.07) is 9.01. The van der Waals surface area contributed by atoms with Gasteiger partial charge in [0.05, 0.1) is 0 Å². The Labute approximate surface area is 140 Å². The molecule has 1 N–H and O–H groups in total. The lowest BCUT2D eigenvalue weighted by Crippen LogP contribution is -2.37. The lowest BCUT2D eigenvalue weighted by atomic mass is 10.1. The third-order valence-electron chi connectivity index (χ3n) is 3.87. The van der Waals surface area contributed by atoms with E-state index in [1.54, 1.807) is 0 Å². The topological polar surface area (TPSA) is 66.3 Å². The fraction of sp³-hybridized carbons (Fsp3) is 0.412. The van der Waals surface area contributed by atoms with Gasteiger partial charge >= 0.3 is 0 Å². The number of aromatic amines is 1. The van der Waals surface area contributed by atoms with Crippen LogP contribution in [0.5, 0.6) is 0 Å². The zero-order valence-electron chi connectivity index (χ0n) is 13.3. The maximum Gasteiger partial charge on any atom is 0.280 e. The molecule has 0 saturated heterocycles. The van der Waals surface area contributed by atoms with Crippen molar-refractivity contribution in [3.05, 3.63) is 57.0 Å². The van der Waals surface area contributed by atoms with Crippen LogP contribution in [0.4, 0.5) is 0 Å². The smallest absolute Gasteiger partial charge is 0.280 e. The average Bonchev–Trinajstić information content (AvgIpc) is 2.97. The predicted molar refractivity (Wildman–Crippen MR) is 89.4 cm³/mol. The Bertz CT molecular complexity index is 690. The summed E-state index contributed by atoms with van der Waals surface area (Å²) in [5.74, 6) is 0.539. The number of benzene rings is 1. The molecule has 0 saturated carbocycles. The predicted octanol–water partition coefficient (Wildman–Crippen LogP) is 3.38. The molecule has 0 aliphatic rings. The molecule has 1 atom stereocenters. The van der Waals surface area contributed by atoms with Gasteiger partial charge in [0.25, 0.3) is 5.56 Å². The van der Waals surface area contributed by atoms with Crippen molar-refractivity contribution in [1.29, 1.82) is 0 Å². The lowest BCUT2D eigenvalue weighted by Gasteiger charge is -2.29. The molecule has 5 nitrogen and oxygen atoms in total. The molecular weight excluding hydrogens is 316 g/mol. The van der Waals surface area contributed by atoms with E-state index in [4.69, 9.17) is 16.1 Å². The molecule has 124 valence electrons. The second-order valence-electron chi connectivity index (χ2n) is 5.58. The van der Waals surface area contributed by atoms with Crippen molar-refractivity contribution in [2.75, 3.05) is 0 Å². The van der Waals surface area contributed by atoms with Crippen molar-refractivity contribution >= 4 is 17.5 Å². The summed E-state index contributed by atoms with van der Waals surface area (Å²) in [5, 5.41) is 2.91. The van der Waals surface area contributed by atoms with E-state index in [0.29, 0.717) is 30.2 Å². The number of aromatic nitrogens is 1. The van der Waals surface area contributed by atoms with Gasteiger partial charge in [0.2, 0.25) is 5.91 Å². The molecule has 6 heteroatoms. The van der Waals surface area contributed by atoms with Gasteiger partial charge in [-0.3, -0.25) is 9.59 Å². The van der Waals surface area contributed by atoms with Gasteiger partial charge in [0, 0.05) is 36.5 Å². The van der Waals surface area contributed by atoms with Crippen LogP contribution in [-0.4, -0.2) is 22.0 Å². The number of nitrogens with zero attached hydrogens (tertiary/aromatic N) is 1. The number of hydrogen-bond acceptors (Lipinski definition) is 3. The van der Waals surface area contributed by atoms with Crippen LogP contribution in [0.3, 0.4) is 0 Å². The maximum absolute atomic E-state index is 12.6. The quantitative estimate of drug-likeness (QED) is 0.842. The third-order valence-corrected chi connectivity index (χ3v) is 4.12. The van der Waals surface area contributed by atoms with E-state index >= 15 is 0 Å². The van der Waals surface area contributed by atoms with Gasteiger partial charge in [-0.15, -0.1) is 0 Å². The van der Waals surface area contributed by atoms with Crippen LogP contribution in [-0.2, 0) is 17.8 Å². The molecular formula is C17H21ClN2O3. The molecule has 1 amide bonds. The first-order chi connectivity index (χ1) is 11.0. The van der Waals surface area contributed by atoms with Crippen LogP contribution in [0.25, 0.3) is 0 Å². The lowest BCUT2D eigenvalue weighted by molar-refractivity contribution is -0.134. The Hall–Kier alpha value is -2.01. The van der Waals surface area contributed by atoms with Crippen LogP contribution >= 0.6 is 11.6 Å². The number of nitrogens with one attached hydrogen (secondary N) is 1. The minimum atomic E-state index is -0.285. The van der Waals surface area contributed by atoms with Crippen molar-refractivity contribution in [2.45, 2.75) is 45.7 Å². The molecule has 0 bridgehead atoms. The summed E-state index contributed by atoms with van der Waals surface area (Å²) >= 11 is 5.90. The highest BCUT2D eigenvalue weighted by Gasteiger charge is 2.19. The van der Waals surface area contributed by atoms with Gasteiger partial charge in [-0.05, 0) is 31.0 Å². The number of aryl methyl sites for hydroxylation is 1. The standard InChI is InChI=1S/C17H21ClN2O3/c1-3-12(2)20(11-13-4-6-14(18)7-5-13)17(22)9-8-15-10-16(21)19-23-15/h4-7,10,12H,3,8-9,11H2,1-2H3,(H,19,21)/t12-/m1/s1. The van der Waals surface area contributed by atoms with Gasteiger partial charge in [-0.2, -0.15) is 5.16 Å². The van der Waals surface area contributed by atoms with E-state index in [1.165, 1.54) is 6.07 Å². The first-order valence-corrected chi connectivity index (χ1v) is 8.08. The molecule has 0 spiro atoms. The SMILES string of the molecule is CC[C@@H](C)N(Cc1ccc(Cl)cc1)C(=O)CCc1cc(=O)[nH]o1. The maximum atomic E-state index is 12.6. The highest BCUT2D eigenvalue weighted by molar-refractivity contribution is 6.30. The van der Waals surface area contributed by atoms with Crippen LogP contribution in [0, 0.1) is 0 Å². The minimum Gasteiger partial charge on any atom is -0.384 e. The zero-order valence-corrected chi connectivity index (χ0v) is 14.1. The molecule has 0 radical (unpaired) electrons. The first-order valence-electron chi connectivity index (χ1n) is 7.71. The molecule has 1 aromatic carbocycles. The normalized spacial score (nSPS) is 12.1. The largest absolute Gasteiger partial charge is 0.384 e. The molecule has 23 heavy (non-hydrogen) atoms. The molecule has 2 rings (SSSR count). The van der Waals surface area contributed by atoms with E-state index in [0.717, 1.165) is 12.0 Å². The van der Waals surface area contributed by atoms with E-state index in [2.05, 4.69) is 12.1 Å². The third kappa shape index (κ3) is 4.99. The van der Waals surface area contributed by atoms with Crippen molar-refractivity contribution in [3.8, 4) is 0 Å². The van der Waals surface area contributed by atoms with Crippen LogP contribution in [0.1, 0.15) is 38.0 Å². The van der Waals surface area contributed by atoms with Crippen molar-refractivity contribution in [2.24, 2.45) is 0 Å². The number of H-pyrrole nitrogens is 1. The second kappa shape index (κ2) is 8.02. The summed E-state index contributed by atoms with van der Waals surface area (Å²) < 4.78 is 4.99. The van der Waals surface area contributed by atoms with Crippen molar-refractivity contribution in [1.82, 2.24) is 10.1 Å². The van der Waals surface area contributed by atoms with Gasteiger partial charge < -0.3 is 9.42 Å². The Balaban J connectivity index is 2.02. The van der Waals surface area contributed by atoms with Crippen molar-refractivity contribution < 1.29 is 9.32 Å². The van der Waals surface area contributed by atoms with E-state index < -0.39 is 0 Å². The number of amides is 1. The molecule has 1 aromatic heterocycles. The minimum absolute atomic E-state index is 0.0400. The average molecular weight is 337 g/mol. The number of hydrogen-bond donors (Lipinski definition) is 1. The first kappa shape index (κ1) is 17.3. The number of carbonyl (C=O) groups is 1. The molecule has 1 heterocycles.